The summed E-state index contributed by atoms with van der Waals surface area (Å²) < 4.78 is 12.1. The van der Waals surface area contributed by atoms with E-state index in [2.05, 4.69) is 21.0 Å². The first-order valence-electron chi connectivity index (χ1n) is 12.9. The zero-order valence-corrected chi connectivity index (χ0v) is 22.6. The molecule has 0 radical (unpaired) electrons. The maximum absolute atomic E-state index is 12.4. The largest absolute Gasteiger partial charge is 0.487 e. The van der Waals surface area contributed by atoms with Crippen molar-refractivity contribution in [2.24, 2.45) is 0 Å². The van der Waals surface area contributed by atoms with Crippen molar-refractivity contribution in [2.75, 3.05) is 13.1 Å². The van der Waals surface area contributed by atoms with Crippen LogP contribution in [-0.4, -0.2) is 50.2 Å². The van der Waals surface area contributed by atoms with Gasteiger partial charge >= 0.3 is 6.09 Å². The second-order valence-electron chi connectivity index (χ2n) is 10.8. The monoisotopic (exact) mass is 518 g/mol. The minimum Gasteiger partial charge on any atom is -0.487 e. The van der Waals surface area contributed by atoms with Gasteiger partial charge in [-0.2, -0.15) is 11.8 Å². The summed E-state index contributed by atoms with van der Waals surface area (Å²) in [6.45, 7) is 7.01. The average Bonchev–Trinajstić information content (AvgIpc) is 2.89. The number of ether oxygens (including phenoxy) is 2. The van der Waals surface area contributed by atoms with Gasteiger partial charge < -0.3 is 14.4 Å². The molecule has 1 spiro atoms. The molecular formula is C29H34N4O3S. The molecule has 0 aliphatic carbocycles. The number of thioether (sulfide) groups is 1. The van der Waals surface area contributed by atoms with Gasteiger partial charge in [-0.05, 0) is 75.1 Å². The van der Waals surface area contributed by atoms with Crippen molar-refractivity contribution in [1.82, 2.24) is 19.9 Å². The van der Waals surface area contributed by atoms with Gasteiger partial charge in [-0.3, -0.25) is 4.98 Å². The highest BCUT2D eigenvalue weighted by Crippen LogP contribution is 2.40. The molecule has 194 valence electrons. The Labute approximate surface area is 223 Å². The molecule has 0 saturated carbocycles. The van der Waals surface area contributed by atoms with Crippen molar-refractivity contribution in [3.8, 4) is 17.1 Å². The van der Waals surface area contributed by atoms with E-state index < -0.39 is 5.60 Å². The number of fused-ring (bicyclic) bond motifs is 1. The van der Waals surface area contributed by atoms with Gasteiger partial charge in [-0.25, -0.2) is 14.8 Å². The fourth-order valence-electron chi connectivity index (χ4n) is 4.77. The summed E-state index contributed by atoms with van der Waals surface area (Å²) >= 11 is 1.81. The number of aromatic nitrogens is 3. The van der Waals surface area contributed by atoms with Crippen LogP contribution < -0.4 is 4.74 Å². The Morgan fingerprint density at radius 2 is 1.84 bits per heavy atom. The normalized spacial score (nSPS) is 16.7. The van der Waals surface area contributed by atoms with Crippen molar-refractivity contribution in [2.45, 2.75) is 69.2 Å². The number of carbonyl (C=O) groups is 1. The fraction of sp³-hybridized carbons (Fsp3) is 0.448. The molecule has 1 aromatic carbocycles. The summed E-state index contributed by atoms with van der Waals surface area (Å²) in [5.41, 5.74) is 3.69. The Bertz CT molecular complexity index is 1220. The Kier molecular flexibility index (Phi) is 7.38. The second-order valence-corrected chi connectivity index (χ2v) is 11.8. The van der Waals surface area contributed by atoms with Crippen LogP contribution in [0.25, 0.3) is 11.4 Å². The average molecular weight is 519 g/mol. The van der Waals surface area contributed by atoms with E-state index in [0.717, 1.165) is 65.6 Å². The Hall–Kier alpha value is -3.13. The number of nitrogens with zero attached hydrogens (tertiary/aromatic N) is 4. The van der Waals surface area contributed by atoms with Gasteiger partial charge in [0.2, 0.25) is 0 Å². The number of amides is 1. The lowest BCUT2D eigenvalue weighted by molar-refractivity contribution is -0.0272. The van der Waals surface area contributed by atoms with E-state index >= 15 is 0 Å². The summed E-state index contributed by atoms with van der Waals surface area (Å²) in [5, 5.41) is 0. The fourth-order valence-corrected chi connectivity index (χ4v) is 5.64. The van der Waals surface area contributed by atoms with Crippen LogP contribution in [0.1, 0.15) is 56.9 Å². The van der Waals surface area contributed by atoms with Crippen molar-refractivity contribution >= 4 is 17.9 Å². The number of aryl methyl sites for hydroxylation is 1. The van der Waals surface area contributed by atoms with Crippen LogP contribution in [0.4, 0.5) is 4.79 Å². The minimum atomic E-state index is -0.479. The smallest absolute Gasteiger partial charge is 0.410 e. The van der Waals surface area contributed by atoms with Crippen molar-refractivity contribution < 1.29 is 14.3 Å². The first kappa shape index (κ1) is 25.5. The molecule has 1 amide bonds. The lowest BCUT2D eigenvalue weighted by Crippen LogP contribution is -2.52. The highest BCUT2D eigenvalue weighted by Gasteiger charge is 2.41. The number of piperidine rings is 1. The van der Waals surface area contributed by atoms with E-state index in [0.29, 0.717) is 13.1 Å². The molecule has 2 aromatic heterocycles. The predicted molar refractivity (Wildman–Crippen MR) is 145 cm³/mol. The van der Waals surface area contributed by atoms with E-state index in [9.17, 15) is 4.79 Å². The lowest BCUT2D eigenvalue weighted by atomic mass is 9.83. The lowest BCUT2D eigenvalue weighted by Gasteiger charge is -2.44. The topological polar surface area (TPSA) is 77.4 Å². The molecule has 1 saturated heterocycles. The van der Waals surface area contributed by atoms with Gasteiger partial charge in [0, 0.05) is 61.6 Å². The first-order valence-corrected chi connectivity index (χ1v) is 14.0. The molecule has 3 aromatic rings. The summed E-state index contributed by atoms with van der Waals surface area (Å²) in [6, 6.07) is 12.2. The van der Waals surface area contributed by atoms with E-state index in [1.807, 2.05) is 69.7 Å². The van der Waals surface area contributed by atoms with E-state index in [4.69, 9.17) is 9.47 Å². The van der Waals surface area contributed by atoms with Crippen molar-refractivity contribution in [3.05, 3.63) is 71.8 Å². The molecule has 1 fully saturated rings. The molecule has 37 heavy (non-hydrogen) atoms. The van der Waals surface area contributed by atoms with Crippen LogP contribution in [0.15, 0.2) is 55.0 Å². The zero-order chi connectivity index (χ0) is 25.9. The van der Waals surface area contributed by atoms with E-state index in [-0.39, 0.29) is 11.7 Å². The third kappa shape index (κ3) is 6.42. The number of pyridine rings is 1. The molecule has 2 aliphatic heterocycles. The summed E-state index contributed by atoms with van der Waals surface area (Å²) in [6.07, 6.45) is 8.94. The quantitative estimate of drug-likeness (QED) is 0.406. The standard InChI is InChI=1S/C29H34N4O3S/c1-28(2,3)36-27(34)33-14-11-29(12-15-33)10-9-22-16-23(7-8-25(22)35-29)26-31-17-21(18-32-26)19-37-20-24-6-4-5-13-30-24/h4-8,13,16-18H,9-12,14-15,19-20H2,1-3H3. The summed E-state index contributed by atoms with van der Waals surface area (Å²) in [5.74, 6) is 3.38. The summed E-state index contributed by atoms with van der Waals surface area (Å²) in [7, 11) is 0. The summed E-state index contributed by atoms with van der Waals surface area (Å²) in [4.78, 5) is 27.9. The molecule has 7 nitrogen and oxygen atoms in total. The van der Waals surface area contributed by atoms with Crippen LogP contribution in [0.3, 0.4) is 0 Å². The first-order chi connectivity index (χ1) is 17.8. The third-order valence-electron chi connectivity index (χ3n) is 6.77. The minimum absolute atomic E-state index is 0.210. The molecule has 4 heterocycles. The van der Waals surface area contributed by atoms with Crippen LogP contribution in [0, 0.1) is 0 Å². The van der Waals surface area contributed by atoms with Gasteiger partial charge in [0.15, 0.2) is 5.82 Å². The highest BCUT2D eigenvalue weighted by molar-refractivity contribution is 7.97. The molecule has 0 bridgehead atoms. The molecule has 0 unspecified atom stereocenters. The maximum Gasteiger partial charge on any atom is 0.410 e. The molecule has 8 heteroatoms. The number of benzene rings is 1. The predicted octanol–water partition coefficient (Wildman–Crippen LogP) is 6.07. The SMILES string of the molecule is CC(C)(C)OC(=O)N1CCC2(CCc3cc(-c4ncc(CSCc5ccccn5)cn4)ccc3O2)CC1. The number of rotatable bonds is 5. The number of hydrogen-bond acceptors (Lipinski definition) is 7. The molecule has 5 rings (SSSR count). The third-order valence-corrected chi connectivity index (χ3v) is 7.81. The second kappa shape index (κ2) is 10.7. The van der Waals surface area contributed by atoms with Crippen LogP contribution in [0.2, 0.25) is 0 Å². The number of likely N-dealkylation sites (tertiary alicyclic amines) is 1. The Balaban J connectivity index is 1.17. The van der Waals surface area contributed by atoms with E-state index in [1.54, 1.807) is 16.7 Å². The molecule has 0 N–H and O–H groups in total. The van der Waals surface area contributed by atoms with Gasteiger partial charge in [-0.1, -0.05) is 6.07 Å². The van der Waals surface area contributed by atoms with Crippen LogP contribution >= 0.6 is 11.8 Å². The van der Waals surface area contributed by atoms with Crippen molar-refractivity contribution in [3.63, 3.8) is 0 Å². The van der Waals surface area contributed by atoms with Gasteiger partial charge in [0.25, 0.3) is 0 Å². The van der Waals surface area contributed by atoms with Gasteiger partial charge in [-0.15, -0.1) is 0 Å². The van der Waals surface area contributed by atoms with Crippen molar-refractivity contribution in [1.29, 1.82) is 0 Å². The number of hydrogen-bond donors (Lipinski definition) is 0. The molecule has 2 aliphatic rings. The zero-order valence-electron chi connectivity index (χ0n) is 21.8. The van der Waals surface area contributed by atoms with Gasteiger partial charge in [0.05, 0.1) is 5.69 Å². The number of carbonyl (C=O) groups excluding carboxylic acids is 1. The highest BCUT2D eigenvalue weighted by atomic mass is 32.2. The van der Waals surface area contributed by atoms with E-state index in [1.165, 1.54) is 5.56 Å². The van der Waals surface area contributed by atoms with Crippen LogP contribution in [0.5, 0.6) is 5.75 Å². The van der Waals surface area contributed by atoms with Crippen LogP contribution in [-0.2, 0) is 22.7 Å². The Morgan fingerprint density at radius 1 is 1.05 bits per heavy atom. The van der Waals surface area contributed by atoms with Gasteiger partial charge in [0.1, 0.15) is 17.0 Å². The maximum atomic E-state index is 12.4. The molecular weight excluding hydrogens is 484 g/mol. The molecule has 0 atom stereocenters. The Morgan fingerprint density at radius 3 is 2.54 bits per heavy atom.